The molecule has 1 N–H and O–H groups in total. The third-order valence-corrected chi connectivity index (χ3v) is 2.77. The van der Waals surface area contributed by atoms with Gasteiger partial charge in [-0.3, -0.25) is 14.8 Å². The number of hydrogen-bond acceptors (Lipinski definition) is 4. The first-order valence-electron chi connectivity index (χ1n) is 5.07. The lowest BCUT2D eigenvalue weighted by atomic mass is 10.1. The molecule has 0 fully saturated rings. The highest BCUT2D eigenvalue weighted by molar-refractivity contribution is 5.74. The molecule has 0 atom stereocenters. The summed E-state index contributed by atoms with van der Waals surface area (Å²) in [6.45, 7) is 3.46. The van der Waals surface area contributed by atoms with Gasteiger partial charge in [0.2, 0.25) is 0 Å². The zero-order chi connectivity index (χ0) is 10.7. The second kappa shape index (κ2) is 4.55. The fraction of sp³-hybridized carbons (Fsp3) is 0.600. The molecule has 5 heteroatoms. The van der Waals surface area contributed by atoms with Gasteiger partial charge in [0.25, 0.3) is 0 Å². The van der Waals surface area contributed by atoms with Crippen LogP contribution in [0.3, 0.4) is 0 Å². The van der Waals surface area contributed by atoms with Gasteiger partial charge >= 0.3 is 0 Å². The van der Waals surface area contributed by atoms with Gasteiger partial charge in [0.15, 0.2) is 6.29 Å². The maximum absolute atomic E-state index is 10.7. The Morgan fingerprint density at radius 2 is 2.53 bits per heavy atom. The summed E-state index contributed by atoms with van der Waals surface area (Å²) in [7, 11) is 1.70. The van der Waals surface area contributed by atoms with Gasteiger partial charge < -0.3 is 4.74 Å². The Kier molecular flexibility index (Phi) is 3.13. The Morgan fingerprint density at radius 3 is 3.27 bits per heavy atom. The van der Waals surface area contributed by atoms with Crippen LogP contribution >= 0.6 is 0 Å². The van der Waals surface area contributed by atoms with Crippen molar-refractivity contribution in [3.8, 4) is 0 Å². The largest absolute Gasteiger partial charge is 0.383 e. The number of carbonyl (C=O) groups excluding carboxylic acids is 1. The van der Waals surface area contributed by atoms with E-state index < -0.39 is 0 Å². The predicted octanol–water partition coefficient (Wildman–Crippen LogP) is 0.227. The number of nitrogens with zero attached hydrogens (tertiary/aromatic N) is 2. The van der Waals surface area contributed by atoms with Crippen LogP contribution in [0.25, 0.3) is 0 Å². The summed E-state index contributed by atoms with van der Waals surface area (Å²) in [5, 5.41) is 6.90. The minimum absolute atomic E-state index is 0.566. The fourth-order valence-corrected chi connectivity index (χ4v) is 1.91. The van der Waals surface area contributed by atoms with Crippen molar-refractivity contribution >= 4 is 6.29 Å². The predicted molar refractivity (Wildman–Crippen MR) is 54.8 cm³/mol. The SMILES string of the molecule is COCCN1CCc2c(C=O)n[nH]c2C1. The van der Waals surface area contributed by atoms with Crippen LogP contribution in [0, 0.1) is 0 Å². The third-order valence-electron chi connectivity index (χ3n) is 2.77. The summed E-state index contributed by atoms with van der Waals surface area (Å²) in [4.78, 5) is 13.0. The number of ether oxygens (including phenoxy) is 1. The van der Waals surface area contributed by atoms with E-state index in [4.69, 9.17) is 4.74 Å². The third kappa shape index (κ3) is 2.08. The summed E-state index contributed by atoms with van der Waals surface area (Å²) in [5.74, 6) is 0. The molecular formula is C10H15N3O2. The quantitative estimate of drug-likeness (QED) is 0.721. The van der Waals surface area contributed by atoms with Crippen LogP contribution in [0.15, 0.2) is 0 Å². The monoisotopic (exact) mass is 209 g/mol. The van der Waals surface area contributed by atoms with Crippen molar-refractivity contribution < 1.29 is 9.53 Å². The van der Waals surface area contributed by atoms with E-state index in [9.17, 15) is 4.79 Å². The molecule has 15 heavy (non-hydrogen) atoms. The Labute approximate surface area is 88.4 Å². The molecule has 2 rings (SSSR count). The number of H-pyrrole nitrogens is 1. The average molecular weight is 209 g/mol. The number of methoxy groups -OCH3 is 1. The minimum Gasteiger partial charge on any atom is -0.383 e. The number of hydrogen-bond donors (Lipinski definition) is 1. The number of aromatic nitrogens is 2. The highest BCUT2D eigenvalue weighted by Gasteiger charge is 2.20. The Balaban J connectivity index is 2.04. The molecule has 0 unspecified atom stereocenters. The van der Waals surface area contributed by atoms with Crippen LogP contribution in [-0.2, 0) is 17.7 Å². The molecule has 0 aromatic carbocycles. The van der Waals surface area contributed by atoms with E-state index in [0.29, 0.717) is 5.69 Å². The van der Waals surface area contributed by atoms with Crippen LogP contribution < -0.4 is 0 Å². The van der Waals surface area contributed by atoms with Gasteiger partial charge in [-0.15, -0.1) is 0 Å². The molecule has 1 aromatic rings. The Bertz CT molecular complexity index is 348. The molecule has 82 valence electrons. The van der Waals surface area contributed by atoms with Gasteiger partial charge in [0.1, 0.15) is 5.69 Å². The van der Waals surface area contributed by atoms with Crippen molar-refractivity contribution in [3.63, 3.8) is 0 Å². The van der Waals surface area contributed by atoms with Crippen LogP contribution in [-0.4, -0.2) is 48.2 Å². The summed E-state index contributed by atoms with van der Waals surface area (Å²) >= 11 is 0. The first-order valence-corrected chi connectivity index (χ1v) is 5.07. The maximum Gasteiger partial charge on any atom is 0.170 e. The number of nitrogens with one attached hydrogen (secondary N) is 1. The summed E-state index contributed by atoms with van der Waals surface area (Å²) in [6, 6.07) is 0. The second-order valence-corrected chi connectivity index (χ2v) is 3.70. The molecule has 0 aliphatic carbocycles. The molecular weight excluding hydrogens is 194 g/mol. The maximum atomic E-state index is 10.7. The molecule has 0 amide bonds. The molecule has 0 saturated carbocycles. The molecule has 0 spiro atoms. The smallest absolute Gasteiger partial charge is 0.170 e. The second-order valence-electron chi connectivity index (χ2n) is 3.70. The van der Waals surface area contributed by atoms with Crippen molar-refractivity contribution in [3.05, 3.63) is 17.0 Å². The van der Waals surface area contributed by atoms with E-state index in [2.05, 4.69) is 15.1 Å². The van der Waals surface area contributed by atoms with Crippen LogP contribution in [0.5, 0.6) is 0 Å². The van der Waals surface area contributed by atoms with E-state index in [-0.39, 0.29) is 0 Å². The van der Waals surface area contributed by atoms with E-state index >= 15 is 0 Å². The number of fused-ring (bicyclic) bond motifs is 1. The normalized spacial score (nSPS) is 16.3. The number of aromatic amines is 1. The Hall–Kier alpha value is -1.20. The molecule has 5 nitrogen and oxygen atoms in total. The van der Waals surface area contributed by atoms with Gasteiger partial charge in [-0.05, 0) is 6.42 Å². The lowest BCUT2D eigenvalue weighted by Crippen LogP contribution is -2.33. The summed E-state index contributed by atoms with van der Waals surface area (Å²) in [5.41, 5.74) is 2.72. The first-order chi connectivity index (χ1) is 7.35. The van der Waals surface area contributed by atoms with Gasteiger partial charge in [-0.25, -0.2) is 0 Å². The van der Waals surface area contributed by atoms with Crippen LogP contribution in [0.1, 0.15) is 21.7 Å². The zero-order valence-electron chi connectivity index (χ0n) is 8.82. The fourth-order valence-electron chi connectivity index (χ4n) is 1.91. The number of rotatable bonds is 4. The van der Waals surface area contributed by atoms with Gasteiger partial charge in [0.05, 0.1) is 12.3 Å². The number of carbonyl (C=O) groups is 1. The van der Waals surface area contributed by atoms with Gasteiger partial charge in [-0.2, -0.15) is 5.10 Å². The van der Waals surface area contributed by atoms with Gasteiger partial charge in [-0.1, -0.05) is 0 Å². The lowest BCUT2D eigenvalue weighted by molar-refractivity contribution is 0.111. The van der Waals surface area contributed by atoms with Crippen molar-refractivity contribution in [2.24, 2.45) is 0 Å². The average Bonchev–Trinajstić information content (AvgIpc) is 2.68. The van der Waals surface area contributed by atoms with Crippen molar-refractivity contribution in [2.75, 3.05) is 26.8 Å². The van der Waals surface area contributed by atoms with E-state index in [0.717, 1.165) is 50.2 Å². The first kappa shape index (κ1) is 10.3. The summed E-state index contributed by atoms with van der Waals surface area (Å²) < 4.78 is 5.04. The zero-order valence-corrected chi connectivity index (χ0v) is 8.82. The summed E-state index contributed by atoms with van der Waals surface area (Å²) in [6.07, 6.45) is 1.71. The topological polar surface area (TPSA) is 58.2 Å². The highest BCUT2D eigenvalue weighted by Crippen LogP contribution is 2.18. The van der Waals surface area contributed by atoms with E-state index in [1.165, 1.54) is 0 Å². The van der Waals surface area contributed by atoms with Crippen LogP contribution in [0.4, 0.5) is 0 Å². The molecule has 2 heterocycles. The van der Waals surface area contributed by atoms with E-state index in [1.54, 1.807) is 7.11 Å². The number of aldehydes is 1. The molecule has 1 aliphatic heterocycles. The standard InChI is InChI=1S/C10H15N3O2/c1-15-5-4-13-3-2-8-9(6-13)11-12-10(8)7-14/h7H,2-6H2,1H3,(H,11,12). The van der Waals surface area contributed by atoms with Crippen molar-refractivity contribution in [1.29, 1.82) is 0 Å². The highest BCUT2D eigenvalue weighted by atomic mass is 16.5. The molecule has 0 saturated heterocycles. The van der Waals surface area contributed by atoms with Gasteiger partial charge in [0, 0.05) is 32.3 Å². The van der Waals surface area contributed by atoms with Crippen molar-refractivity contribution in [2.45, 2.75) is 13.0 Å². The molecule has 1 aromatic heterocycles. The minimum atomic E-state index is 0.566. The van der Waals surface area contributed by atoms with Crippen LogP contribution in [0.2, 0.25) is 0 Å². The molecule has 0 bridgehead atoms. The Morgan fingerprint density at radius 1 is 1.67 bits per heavy atom. The molecule has 1 aliphatic rings. The van der Waals surface area contributed by atoms with E-state index in [1.807, 2.05) is 0 Å². The molecule has 0 radical (unpaired) electrons. The lowest BCUT2D eigenvalue weighted by Gasteiger charge is -2.25. The van der Waals surface area contributed by atoms with Crippen molar-refractivity contribution in [1.82, 2.24) is 15.1 Å².